The van der Waals surface area contributed by atoms with Crippen LogP contribution in [0.5, 0.6) is 0 Å². The summed E-state index contributed by atoms with van der Waals surface area (Å²) in [6.45, 7) is 7.66. The minimum absolute atomic E-state index is 0.356. The molecule has 1 fully saturated rings. The molecular formula is C15H21N7. The van der Waals surface area contributed by atoms with Crippen LogP contribution in [0.25, 0.3) is 0 Å². The van der Waals surface area contributed by atoms with E-state index in [9.17, 15) is 0 Å². The van der Waals surface area contributed by atoms with Gasteiger partial charge < -0.3 is 15.1 Å². The average Bonchev–Trinajstić information content (AvgIpc) is 2.55. The zero-order valence-corrected chi connectivity index (χ0v) is 13.0. The van der Waals surface area contributed by atoms with E-state index in [4.69, 9.17) is 0 Å². The molecule has 3 heterocycles. The Balaban J connectivity index is 1.64. The van der Waals surface area contributed by atoms with Gasteiger partial charge >= 0.3 is 0 Å². The summed E-state index contributed by atoms with van der Waals surface area (Å²) in [5, 5.41) is 3.31. The molecule has 7 heteroatoms. The first-order chi connectivity index (χ1) is 10.7. The fraction of sp³-hybridized carbons (Fsp3) is 0.467. The Morgan fingerprint density at radius 3 is 2.14 bits per heavy atom. The Bertz CT molecular complexity index is 594. The van der Waals surface area contributed by atoms with Gasteiger partial charge in [0.05, 0.1) is 0 Å². The predicted octanol–water partition coefficient (Wildman–Crippen LogP) is 1.41. The lowest BCUT2D eigenvalue weighted by molar-refractivity contribution is 0.628. The number of nitrogens with one attached hydrogen (secondary N) is 1. The van der Waals surface area contributed by atoms with Crippen molar-refractivity contribution in [2.24, 2.45) is 0 Å². The standard InChI is InChI=1S/C15H21N7/c1-12(2)19-13-4-7-18-15(20-13)22-10-8-21(9-11-22)14-16-5-3-6-17-14/h3-7,12H,8-11H2,1-2H3,(H,18,19,20). The van der Waals surface area contributed by atoms with Gasteiger partial charge in [0, 0.05) is 50.8 Å². The molecule has 116 valence electrons. The summed E-state index contributed by atoms with van der Waals surface area (Å²) < 4.78 is 0. The third-order valence-electron chi connectivity index (χ3n) is 3.48. The van der Waals surface area contributed by atoms with Crippen LogP contribution in [0.1, 0.15) is 13.8 Å². The smallest absolute Gasteiger partial charge is 0.227 e. The van der Waals surface area contributed by atoms with Gasteiger partial charge in [-0.1, -0.05) is 0 Å². The van der Waals surface area contributed by atoms with E-state index in [0.717, 1.165) is 43.9 Å². The summed E-state index contributed by atoms with van der Waals surface area (Å²) in [4.78, 5) is 22.0. The number of anilines is 3. The molecule has 7 nitrogen and oxygen atoms in total. The highest BCUT2D eigenvalue weighted by Gasteiger charge is 2.20. The van der Waals surface area contributed by atoms with Crippen LogP contribution in [-0.2, 0) is 0 Å². The average molecular weight is 299 g/mol. The molecule has 1 aliphatic heterocycles. The maximum atomic E-state index is 4.59. The lowest BCUT2D eigenvalue weighted by Crippen LogP contribution is -2.47. The van der Waals surface area contributed by atoms with Crippen molar-refractivity contribution in [1.29, 1.82) is 0 Å². The van der Waals surface area contributed by atoms with Gasteiger partial charge in [-0.05, 0) is 26.0 Å². The Morgan fingerprint density at radius 1 is 0.909 bits per heavy atom. The molecule has 0 spiro atoms. The van der Waals surface area contributed by atoms with Crippen LogP contribution in [0.3, 0.4) is 0 Å². The quantitative estimate of drug-likeness (QED) is 0.915. The second kappa shape index (κ2) is 6.55. The molecule has 22 heavy (non-hydrogen) atoms. The molecule has 3 rings (SSSR count). The first kappa shape index (κ1) is 14.5. The molecule has 1 aliphatic rings. The van der Waals surface area contributed by atoms with Crippen molar-refractivity contribution in [3.8, 4) is 0 Å². The number of hydrogen-bond donors (Lipinski definition) is 1. The summed E-state index contributed by atoms with van der Waals surface area (Å²) in [7, 11) is 0. The van der Waals surface area contributed by atoms with Gasteiger partial charge in [-0.15, -0.1) is 0 Å². The van der Waals surface area contributed by atoms with Crippen molar-refractivity contribution < 1.29 is 0 Å². The molecule has 0 radical (unpaired) electrons. The maximum absolute atomic E-state index is 4.59. The maximum Gasteiger partial charge on any atom is 0.227 e. The normalized spacial score (nSPS) is 15.2. The third-order valence-corrected chi connectivity index (χ3v) is 3.48. The highest BCUT2D eigenvalue weighted by Crippen LogP contribution is 2.16. The molecule has 0 aliphatic carbocycles. The summed E-state index contributed by atoms with van der Waals surface area (Å²) >= 11 is 0. The van der Waals surface area contributed by atoms with Gasteiger partial charge in [-0.3, -0.25) is 0 Å². The van der Waals surface area contributed by atoms with Gasteiger partial charge in [0.1, 0.15) is 5.82 Å². The van der Waals surface area contributed by atoms with Crippen molar-refractivity contribution in [3.05, 3.63) is 30.7 Å². The minimum atomic E-state index is 0.356. The van der Waals surface area contributed by atoms with E-state index in [-0.39, 0.29) is 0 Å². The van der Waals surface area contributed by atoms with Crippen molar-refractivity contribution in [1.82, 2.24) is 19.9 Å². The third kappa shape index (κ3) is 3.41. The van der Waals surface area contributed by atoms with Gasteiger partial charge in [0.2, 0.25) is 11.9 Å². The molecule has 2 aromatic heterocycles. The molecule has 0 amide bonds. The Labute approximate surface area is 130 Å². The lowest BCUT2D eigenvalue weighted by Gasteiger charge is -2.34. The number of aromatic nitrogens is 4. The van der Waals surface area contributed by atoms with Crippen molar-refractivity contribution in [3.63, 3.8) is 0 Å². The highest BCUT2D eigenvalue weighted by molar-refractivity contribution is 5.43. The SMILES string of the molecule is CC(C)Nc1ccnc(N2CCN(c3ncccn3)CC2)n1. The summed E-state index contributed by atoms with van der Waals surface area (Å²) in [5.74, 6) is 2.44. The van der Waals surface area contributed by atoms with Gasteiger partial charge in [0.15, 0.2) is 0 Å². The van der Waals surface area contributed by atoms with Gasteiger partial charge in [-0.25, -0.2) is 15.0 Å². The summed E-state index contributed by atoms with van der Waals surface area (Å²) in [6, 6.07) is 4.09. The number of hydrogen-bond acceptors (Lipinski definition) is 7. The van der Waals surface area contributed by atoms with Gasteiger partial charge in [-0.2, -0.15) is 4.98 Å². The largest absolute Gasteiger partial charge is 0.368 e. The van der Waals surface area contributed by atoms with Crippen LogP contribution in [0.4, 0.5) is 17.7 Å². The van der Waals surface area contributed by atoms with E-state index in [0.29, 0.717) is 6.04 Å². The van der Waals surface area contributed by atoms with Crippen LogP contribution >= 0.6 is 0 Å². The first-order valence-electron chi connectivity index (χ1n) is 7.59. The van der Waals surface area contributed by atoms with E-state index >= 15 is 0 Å². The summed E-state index contributed by atoms with van der Waals surface area (Å²) in [5.41, 5.74) is 0. The molecule has 0 bridgehead atoms. The van der Waals surface area contributed by atoms with Crippen LogP contribution in [0.15, 0.2) is 30.7 Å². The fourth-order valence-electron chi connectivity index (χ4n) is 2.44. The molecular weight excluding hydrogens is 278 g/mol. The molecule has 2 aromatic rings. The van der Waals surface area contributed by atoms with Crippen LogP contribution in [0, 0.1) is 0 Å². The Kier molecular flexibility index (Phi) is 4.32. The molecule has 0 unspecified atom stereocenters. The highest BCUT2D eigenvalue weighted by atomic mass is 15.4. The van der Waals surface area contributed by atoms with E-state index in [1.54, 1.807) is 18.6 Å². The Hall–Kier alpha value is -2.44. The number of rotatable bonds is 4. The molecule has 1 N–H and O–H groups in total. The van der Waals surface area contributed by atoms with Crippen molar-refractivity contribution in [2.75, 3.05) is 41.3 Å². The molecule has 0 saturated carbocycles. The topological polar surface area (TPSA) is 70.1 Å². The summed E-state index contributed by atoms with van der Waals surface area (Å²) in [6.07, 6.45) is 5.36. The van der Waals surface area contributed by atoms with Crippen molar-refractivity contribution in [2.45, 2.75) is 19.9 Å². The zero-order valence-electron chi connectivity index (χ0n) is 13.0. The minimum Gasteiger partial charge on any atom is -0.368 e. The van der Waals surface area contributed by atoms with E-state index in [1.165, 1.54) is 0 Å². The second-order valence-electron chi connectivity index (χ2n) is 5.56. The van der Waals surface area contributed by atoms with Crippen LogP contribution in [-0.4, -0.2) is 52.2 Å². The first-order valence-corrected chi connectivity index (χ1v) is 7.59. The zero-order chi connectivity index (χ0) is 15.4. The molecule has 0 aromatic carbocycles. The number of nitrogens with zero attached hydrogens (tertiary/aromatic N) is 6. The predicted molar refractivity (Wildman–Crippen MR) is 87.2 cm³/mol. The monoisotopic (exact) mass is 299 g/mol. The van der Waals surface area contributed by atoms with E-state index < -0.39 is 0 Å². The van der Waals surface area contributed by atoms with Gasteiger partial charge in [0.25, 0.3) is 0 Å². The fourth-order valence-corrected chi connectivity index (χ4v) is 2.44. The van der Waals surface area contributed by atoms with E-state index in [2.05, 4.69) is 48.9 Å². The number of piperazine rings is 1. The molecule has 0 atom stereocenters. The van der Waals surface area contributed by atoms with Crippen molar-refractivity contribution >= 4 is 17.7 Å². The van der Waals surface area contributed by atoms with Crippen LogP contribution < -0.4 is 15.1 Å². The Morgan fingerprint density at radius 2 is 1.50 bits per heavy atom. The lowest BCUT2D eigenvalue weighted by atomic mass is 10.3. The molecule has 1 saturated heterocycles. The van der Waals surface area contributed by atoms with E-state index in [1.807, 2.05) is 12.1 Å². The van der Waals surface area contributed by atoms with Crippen LogP contribution in [0.2, 0.25) is 0 Å². The second-order valence-corrected chi connectivity index (χ2v) is 5.56.